The van der Waals surface area contributed by atoms with E-state index in [1.807, 2.05) is 0 Å². The number of fused-ring (bicyclic) bond motifs is 1. The van der Waals surface area contributed by atoms with E-state index in [0.717, 1.165) is 0 Å². The lowest BCUT2D eigenvalue weighted by Gasteiger charge is -2.25. The van der Waals surface area contributed by atoms with Crippen molar-refractivity contribution in [2.24, 2.45) is 5.92 Å². The standard InChI is InChI=1S/C35H31N5O9/c1-20(2)29(41)38-35-37-28-25(30(42)39-35)36-19-40(28)31-27(49-34(45)23-16-10-5-11-17-23)26(48-33(44)22-14-8-4-9-15-22)24(47-31)18-46-32(43)21-12-6-3-7-13-21/h3-17,19-20,24,26-27,31H,18H2,1-2H3,(H2,37,38,39,41,42)/t24-,26+,27?,31-/m0/s1. The number of esters is 3. The highest BCUT2D eigenvalue weighted by atomic mass is 16.7. The van der Waals surface area contributed by atoms with E-state index in [1.54, 1.807) is 105 Å². The Morgan fingerprint density at radius 1 is 0.816 bits per heavy atom. The summed E-state index contributed by atoms with van der Waals surface area (Å²) in [5.41, 5.74) is -0.0799. The summed E-state index contributed by atoms with van der Waals surface area (Å²) >= 11 is 0. The molecule has 0 saturated carbocycles. The zero-order chi connectivity index (χ0) is 34.5. The molecule has 14 nitrogen and oxygen atoms in total. The van der Waals surface area contributed by atoms with Gasteiger partial charge < -0.3 is 18.9 Å². The molecule has 3 heterocycles. The Bertz CT molecular complexity index is 2030. The van der Waals surface area contributed by atoms with Crippen LogP contribution in [0.15, 0.2) is 102 Å². The Hall–Kier alpha value is -6.15. The number of ether oxygens (including phenoxy) is 4. The number of hydrogen-bond acceptors (Lipinski definition) is 11. The van der Waals surface area contributed by atoms with Gasteiger partial charge in [-0.1, -0.05) is 68.4 Å². The van der Waals surface area contributed by atoms with E-state index in [4.69, 9.17) is 18.9 Å². The molecule has 0 bridgehead atoms. The fourth-order valence-corrected chi connectivity index (χ4v) is 5.11. The van der Waals surface area contributed by atoms with Crippen molar-refractivity contribution < 1.29 is 38.1 Å². The molecule has 2 N–H and O–H groups in total. The number of nitrogens with zero attached hydrogens (tertiary/aromatic N) is 3. The van der Waals surface area contributed by atoms with Crippen LogP contribution in [-0.2, 0) is 23.7 Å². The molecule has 1 saturated heterocycles. The third-order valence-corrected chi connectivity index (χ3v) is 7.65. The largest absolute Gasteiger partial charge is 0.459 e. The van der Waals surface area contributed by atoms with E-state index >= 15 is 0 Å². The van der Waals surface area contributed by atoms with Crippen molar-refractivity contribution in [2.75, 3.05) is 11.9 Å². The quantitative estimate of drug-likeness (QED) is 0.163. The smallest absolute Gasteiger partial charge is 0.338 e. The molecule has 0 aliphatic carbocycles. The van der Waals surface area contributed by atoms with Gasteiger partial charge in [0.05, 0.1) is 23.0 Å². The lowest BCUT2D eigenvalue weighted by Crippen LogP contribution is -2.41. The molecule has 1 amide bonds. The summed E-state index contributed by atoms with van der Waals surface area (Å²) in [6, 6.07) is 24.6. The molecule has 4 atom stereocenters. The number of carbonyl (C=O) groups excluding carboxylic acids is 4. The normalized spacial score (nSPS) is 18.6. The van der Waals surface area contributed by atoms with Crippen LogP contribution < -0.4 is 10.9 Å². The Kier molecular flexibility index (Phi) is 9.57. The fraction of sp³-hybridized carbons (Fsp3) is 0.229. The molecule has 1 unspecified atom stereocenters. The number of aromatic amines is 1. The van der Waals surface area contributed by atoms with Gasteiger partial charge in [0.1, 0.15) is 12.7 Å². The molecule has 2 aromatic heterocycles. The van der Waals surface area contributed by atoms with Gasteiger partial charge in [-0.05, 0) is 36.4 Å². The molecule has 3 aromatic carbocycles. The molecular weight excluding hydrogens is 634 g/mol. The lowest BCUT2D eigenvalue weighted by molar-refractivity contribution is -0.118. The summed E-state index contributed by atoms with van der Waals surface area (Å²) in [6.07, 6.45) is -3.90. The number of hydrogen-bond donors (Lipinski definition) is 2. The van der Waals surface area contributed by atoms with Crippen molar-refractivity contribution in [3.05, 3.63) is 124 Å². The first-order valence-electron chi connectivity index (χ1n) is 15.4. The monoisotopic (exact) mass is 665 g/mol. The summed E-state index contributed by atoms with van der Waals surface area (Å²) in [4.78, 5) is 76.3. The first kappa shape index (κ1) is 32.8. The summed E-state index contributed by atoms with van der Waals surface area (Å²) in [5, 5.41) is 2.56. The number of aromatic nitrogens is 4. The van der Waals surface area contributed by atoms with Crippen molar-refractivity contribution in [2.45, 2.75) is 38.4 Å². The van der Waals surface area contributed by atoms with Gasteiger partial charge in [-0.2, -0.15) is 4.98 Å². The van der Waals surface area contributed by atoms with Crippen molar-refractivity contribution in [3.8, 4) is 0 Å². The van der Waals surface area contributed by atoms with Crippen molar-refractivity contribution in [1.29, 1.82) is 0 Å². The first-order valence-corrected chi connectivity index (χ1v) is 15.4. The number of H-pyrrole nitrogens is 1. The van der Waals surface area contributed by atoms with E-state index in [-0.39, 0.29) is 33.8 Å². The van der Waals surface area contributed by atoms with E-state index < -0.39 is 66.4 Å². The van der Waals surface area contributed by atoms with Gasteiger partial charge in [-0.3, -0.25) is 24.5 Å². The first-order chi connectivity index (χ1) is 23.7. The maximum atomic E-state index is 13.5. The Labute approximate surface area is 279 Å². The maximum absolute atomic E-state index is 13.5. The number of imidazole rings is 1. The van der Waals surface area contributed by atoms with Crippen LogP contribution in [0.3, 0.4) is 0 Å². The topological polar surface area (TPSA) is 181 Å². The number of amides is 1. The van der Waals surface area contributed by atoms with Crippen molar-refractivity contribution in [1.82, 2.24) is 19.5 Å². The Balaban J connectivity index is 1.41. The van der Waals surface area contributed by atoms with Gasteiger partial charge in [0.15, 0.2) is 29.6 Å². The molecule has 0 spiro atoms. The predicted octanol–water partition coefficient (Wildman–Crippen LogP) is 3.92. The number of rotatable bonds is 10. The molecular formula is C35H31N5O9. The third-order valence-electron chi connectivity index (χ3n) is 7.65. The van der Waals surface area contributed by atoms with Gasteiger partial charge in [-0.25, -0.2) is 19.4 Å². The lowest BCUT2D eigenvalue weighted by atomic mass is 10.1. The molecule has 49 heavy (non-hydrogen) atoms. The third kappa shape index (κ3) is 7.23. The molecule has 1 aliphatic heterocycles. The van der Waals surface area contributed by atoms with Gasteiger partial charge in [0.2, 0.25) is 11.9 Å². The fourth-order valence-electron chi connectivity index (χ4n) is 5.11. The molecule has 14 heteroatoms. The van der Waals surface area contributed by atoms with Crippen LogP contribution in [-0.4, -0.2) is 68.3 Å². The second kappa shape index (κ2) is 14.3. The average molecular weight is 666 g/mol. The van der Waals surface area contributed by atoms with Gasteiger partial charge >= 0.3 is 17.9 Å². The molecule has 1 fully saturated rings. The summed E-state index contributed by atoms with van der Waals surface area (Å²) in [6.45, 7) is 2.94. The van der Waals surface area contributed by atoms with Gasteiger partial charge in [-0.15, -0.1) is 0 Å². The predicted molar refractivity (Wildman–Crippen MR) is 174 cm³/mol. The van der Waals surface area contributed by atoms with E-state index in [0.29, 0.717) is 0 Å². The zero-order valence-corrected chi connectivity index (χ0v) is 26.3. The molecule has 5 aromatic rings. The second-order valence-corrected chi connectivity index (χ2v) is 11.4. The zero-order valence-electron chi connectivity index (χ0n) is 26.3. The van der Waals surface area contributed by atoms with Gasteiger partial charge in [0.25, 0.3) is 5.56 Å². The maximum Gasteiger partial charge on any atom is 0.338 e. The van der Waals surface area contributed by atoms with E-state index in [9.17, 15) is 24.0 Å². The highest BCUT2D eigenvalue weighted by Crippen LogP contribution is 2.36. The highest BCUT2D eigenvalue weighted by Gasteiger charge is 2.52. The molecule has 6 rings (SSSR count). The minimum absolute atomic E-state index is 0.0244. The number of carbonyl (C=O) groups is 4. The minimum Gasteiger partial charge on any atom is -0.459 e. The Morgan fingerprint density at radius 3 is 1.90 bits per heavy atom. The highest BCUT2D eigenvalue weighted by molar-refractivity contribution is 5.92. The minimum atomic E-state index is -1.37. The second-order valence-electron chi connectivity index (χ2n) is 11.4. The number of nitrogens with one attached hydrogen (secondary N) is 2. The van der Waals surface area contributed by atoms with Crippen LogP contribution >= 0.6 is 0 Å². The van der Waals surface area contributed by atoms with Crippen LogP contribution in [0.2, 0.25) is 0 Å². The summed E-state index contributed by atoms with van der Waals surface area (Å²) < 4.78 is 25.2. The van der Waals surface area contributed by atoms with Crippen LogP contribution in [0.5, 0.6) is 0 Å². The van der Waals surface area contributed by atoms with Crippen LogP contribution in [0.25, 0.3) is 11.2 Å². The van der Waals surface area contributed by atoms with Crippen LogP contribution in [0.1, 0.15) is 51.1 Å². The van der Waals surface area contributed by atoms with Crippen LogP contribution in [0, 0.1) is 5.92 Å². The molecule has 1 aliphatic rings. The van der Waals surface area contributed by atoms with Crippen molar-refractivity contribution >= 4 is 40.9 Å². The van der Waals surface area contributed by atoms with E-state index in [1.165, 1.54) is 10.9 Å². The number of benzene rings is 3. The van der Waals surface area contributed by atoms with Crippen molar-refractivity contribution in [3.63, 3.8) is 0 Å². The van der Waals surface area contributed by atoms with Crippen LogP contribution in [0.4, 0.5) is 5.95 Å². The number of anilines is 1. The Morgan fingerprint density at radius 2 is 1.35 bits per heavy atom. The van der Waals surface area contributed by atoms with Gasteiger partial charge in [0, 0.05) is 5.92 Å². The molecule has 250 valence electrons. The average Bonchev–Trinajstić information content (AvgIpc) is 3.69. The SMILES string of the molecule is CC(C)C(=O)Nc1nc2c(ncn2[C@H]2O[C@@H](COC(=O)c3ccccc3)[C@@H](OC(=O)c3ccccc3)C2OC(=O)c2ccccc2)c(=O)[nH]1. The van der Waals surface area contributed by atoms with E-state index in [2.05, 4.69) is 20.3 Å². The molecule has 0 radical (unpaired) electrons. The summed E-state index contributed by atoms with van der Waals surface area (Å²) in [5.74, 6) is -3.13. The summed E-state index contributed by atoms with van der Waals surface area (Å²) in [7, 11) is 0.